The third-order valence-electron chi connectivity index (χ3n) is 6.38. The molecule has 0 aromatic heterocycles. The number of ketones is 1. The van der Waals surface area contributed by atoms with Crippen molar-refractivity contribution in [3.8, 4) is 11.5 Å². The van der Waals surface area contributed by atoms with E-state index in [0.717, 1.165) is 25.9 Å². The number of likely N-dealkylation sites (tertiary alicyclic amines) is 1. The van der Waals surface area contributed by atoms with Crippen molar-refractivity contribution < 1.29 is 33.3 Å². The normalized spacial score (nSPS) is 13.7. The van der Waals surface area contributed by atoms with E-state index in [1.807, 2.05) is 4.90 Å². The van der Waals surface area contributed by atoms with Crippen LogP contribution in [0.1, 0.15) is 28.8 Å². The van der Waals surface area contributed by atoms with Gasteiger partial charge < -0.3 is 29.6 Å². The summed E-state index contributed by atoms with van der Waals surface area (Å²) in [7, 11) is 2.81. The predicted molar refractivity (Wildman–Crippen MR) is 155 cm³/mol. The maximum atomic E-state index is 12.9. The summed E-state index contributed by atoms with van der Waals surface area (Å²) in [6.07, 6.45) is 1.37. The number of para-hydroxylation sites is 1. The quantitative estimate of drug-likeness (QED) is 0.217. The van der Waals surface area contributed by atoms with Gasteiger partial charge in [0.15, 0.2) is 5.78 Å². The lowest BCUT2D eigenvalue weighted by Crippen LogP contribution is -2.40. The van der Waals surface area contributed by atoms with Crippen LogP contribution in [0.15, 0.2) is 66.7 Å². The highest BCUT2D eigenvalue weighted by atomic mass is 35.5. The largest absolute Gasteiger partial charge is 0.495 e. The van der Waals surface area contributed by atoms with Gasteiger partial charge in [-0.05, 0) is 66.9 Å². The van der Waals surface area contributed by atoms with Gasteiger partial charge in [0.05, 0.1) is 36.2 Å². The van der Waals surface area contributed by atoms with Crippen LogP contribution in [0.5, 0.6) is 11.5 Å². The molecule has 3 aromatic carbocycles. The van der Waals surface area contributed by atoms with Crippen molar-refractivity contribution in [2.24, 2.45) is 0 Å². The molecule has 1 unspecified atom stereocenters. The van der Waals surface area contributed by atoms with Crippen LogP contribution in [-0.4, -0.2) is 63.0 Å². The minimum atomic E-state index is -0.747. The van der Waals surface area contributed by atoms with Gasteiger partial charge >= 0.3 is 12.0 Å². The summed E-state index contributed by atoms with van der Waals surface area (Å²) < 4.78 is 22.1. The summed E-state index contributed by atoms with van der Waals surface area (Å²) in [4.78, 5) is 39.0. The van der Waals surface area contributed by atoms with Gasteiger partial charge in [-0.3, -0.25) is 4.79 Å². The lowest BCUT2D eigenvalue weighted by molar-refractivity contribution is -0.174. The standard InChI is InChI=1S/C30H32ClN3O7/c1-38-27-18-20(9-14-26(27)33-29(37)32-25-8-4-3-7-24(25)31)17-22(35)19-40-30(34-15-5-6-16-34)41-23-12-10-21(11-13-23)28(36)39-2/h3-4,7-14,18,30H,5-6,15-17,19H2,1-2H3,(H2,32,33,37). The Hall–Kier alpha value is -4.12. The molecule has 1 atom stereocenters. The van der Waals surface area contributed by atoms with Gasteiger partial charge in [-0.25, -0.2) is 14.5 Å². The SMILES string of the molecule is COC(=O)c1ccc(OC(OCC(=O)Cc2ccc(NC(=O)Nc3ccccc3Cl)c(OC)c2)N2CCCC2)cc1. The molecule has 10 nitrogen and oxygen atoms in total. The molecule has 1 aliphatic rings. The van der Waals surface area contributed by atoms with Crippen molar-refractivity contribution >= 4 is 40.8 Å². The van der Waals surface area contributed by atoms with E-state index < -0.39 is 18.4 Å². The Bertz CT molecular complexity index is 1360. The average Bonchev–Trinajstić information content (AvgIpc) is 3.52. The van der Waals surface area contributed by atoms with E-state index in [9.17, 15) is 14.4 Å². The molecule has 216 valence electrons. The molecule has 4 rings (SSSR count). The van der Waals surface area contributed by atoms with Crippen molar-refractivity contribution in [1.29, 1.82) is 0 Å². The number of hydrogen-bond donors (Lipinski definition) is 2. The van der Waals surface area contributed by atoms with Crippen LogP contribution >= 0.6 is 11.6 Å². The van der Waals surface area contributed by atoms with Gasteiger partial charge in [0.25, 0.3) is 6.41 Å². The fourth-order valence-corrected chi connectivity index (χ4v) is 4.48. The first-order chi connectivity index (χ1) is 19.9. The number of ether oxygens (including phenoxy) is 4. The molecule has 1 heterocycles. The Morgan fingerprint density at radius 2 is 1.63 bits per heavy atom. The van der Waals surface area contributed by atoms with Crippen LogP contribution in [0.2, 0.25) is 5.02 Å². The number of halogens is 1. The Balaban J connectivity index is 1.34. The highest BCUT2D eigenvalue weighted by molar-refractivity contribution is 6.33. The first-order valence-electron chi connectivity index (χ1n) is 13.1. The molecule has 1 fully saturated rings. The van der Waals surface area contributed by atoms with E-state index in [1.165, 1.54) is 14.2 Å². The summed E-state index contributed by atoms with van der Waals surface area (Å²) in [5.74, 6) is 0.320. The molecular formula is C30H32ClN3O7. The average molecular weight is 582 g/mol. The first-order valence-corrected chi connectivity index (χ1v) is 13.5. The molecule has 41 heavy (non-hydrogen) atoms. The Labute approximate surface area is 243 Å². The lowest BCUT2D eigenvalue weighted by Gasteiger charge is -2.27. The first kappa shape index (κ1) is 29.9. The highest BCUT2D eigenvalue weighted by Gasteiger charge is 2.25. The summed E-state index contributed by atoms with van der Waals surface area (Å²) in [5.41, 5.74) is 2.02. The van der Waals surface area contributed by atoms with Crippen LogP contribution in [0, 0.1) is 0 Å². The zero-order valence-corrected chi connectivity index (χ0v) is 23.6. The minimum Gasteiger partial charge on any atom is -0.495 e. The molecular weight excluding hydrogens is 550 g/mol. The predicted octanol–water partition coefficient (Wildman–Crippen LogP) is 5.37. The van der Waals surface area contributed by atoms with Crippen LogP contribution in [0.3, 0.4) is 0 Å². The fraction of sp³-hybridized carbons (Fsp3) is 0.300. The van der Waals surface area contributed by atoms with Gasteiger partial charge in [0.1, 0.15) is 18.1 Å². The monoisotopic (exact) mass is 581 g/mol. The van der Waals surface area contributed by atoms with E-state index in [4.69, 9.17) is 30.5 Å². The molecule has 0 saturated carbocycles. The van der Waals surface area contributed by atoms with Crippen LogP contribution in [0.4, 0.5) is 16.2 Å². The van der Waals surface area contributed by atoms with Crippen molar-refractivity contribution in [1.82, 2.24) is 4.90 Å². The second-order valence-electron chi connectivity index (χ2n) is 9.30. The number of carbonyl (C=O) groups excluding carboxylic acids is 3. The smallest absolute Gasteiger partial charge is 0.337 e. The van der Waals surface area contributed by atoms with Crippen LogP contribution < -0.4 is 20.1 Å². The second kappa shape index (κ2) is 14.5. The summed E-state index contributed by atoms with van der Waals surface area (Å²) in [6, 6.07) is 18.1. The molecule has 11 heteroatoms. The number of benzene rings is 3. The molecule has 3 aromatic rings. The molecule has 0 radical (unpaired) electrons. The van der Waals surface area contributed by atoms with Gasteiger partial charge in [-0.1, -0.05) is 29.8 Å². The van der Waals surface area contributed by atoms with E-state index in [-0.39, 0.29) is 18.8 Å². The number of Topliss-reactive ketones (excluding diaryl/α,β-unsaturated/α-hetero) is 1. The molecule has 1 saturated heterocycles. The highest BCUT2D eigenvalue weighted by Crippen LogP contribution is 2.27. The third kappa shape index (κ3) is 8.43. The molecule has 2 N–H and O–H groups in total. The number of hydrogen-bond acceptors (Lipinski definition) is 8. The molecule has 0 aliphatic carbocycles. The maximum Gasteiger partial charge on any atom is 0.337 e. The van der Waals surface area contributed by atoms with E-state index in [2.05, 4.69) is 10.6 Å². The number of nitrogens with one attached hydrogen (secondary N) is 2. The Morgan fingerprint density at radius 3 is 2.32 bits per heavy atom. The van der Waals surface area contributed by atoms with Crippen LogP contribution in [-0.2, 0) is 20.7 Å². The van der Waals surface area contributed by atoms with Crippen molar-refractivity contribution in [2.75, 3.05) is 44.5 Å². The minimum absolute atomic E-state index is 0.100. The molecule has 1 aliphatic heterocycles. The summed E-state index contributed by atoms with van der Waals surface area (Å²) in [5, 5.41) is 5.84. The topological polar surface area (TPSA) is 115 Å². The second-order valence-corrected chi connectivity index (χ2v) is 9.71. The zero-order chi connectivity index (χ0) is 29.2. The zero-order valence-electron chi connectivity index (χ0n) is 22.9. The van der Waals surface area contributed by atoms with Crippen molar-refractivity contribution in [3.05, 3.63) is 82.9 Å². The molecule has 0 bridgehead atoms. The van der Waals surface area contributed by atoms with E-state index in [1.54, 1.807) is 66.7 Å². The number of urea groups is 1. The Kier molecular flexibility index (Phi) is 10.6. The van der Waals surface area contributed by atoms with Gasteiger partial charge in [0.2, 0.25) is 0 Å². The van der Waals surface area contributed by atoms with Crippen LogP contribution in [0.25, 0.3) is 0 Å². The number of amides is 2. The third-order valence-corrected chi connectivity index (χ3v) is 6.71. The lowest BCUT2D eigenvalue weighted by atomic mass is 10.1. The van der Waals surface area contributed by atoms with Crippen molar-refractivity contribution in [2.45, 2.75) is 25.7 Å². The number of methoxy groups -OCH3 is 2. The van der Waals surface area contributed by atoms with E-state index in [0.29, 0.717) is 39.0 Å². The number of esters is 1. The molecule has 0 spiro atoms. The fourth-order valence-electron chi connectivity index (χ4n) is 4.30. The maximum absolute atomic E-state index is 12.9. The summed E-state index contributed by atoms with van der Waals surface area (Å²) in [6.45, 7) is 1.41. The number of carbonyl (C=O) groups is 3. The summed E-state index contributed by atoms with van der Waals surface area (Å²) >= 11 is 6.11. The van der Waals surface area contributed by atoms with Gasteiger partial charge in [-0.2, -0.15) is 0 Å². The van der Waals surface area contributed by atoms with Gasteiger partial charge in [-0.15, -0.1) is 0 Å². The number of anilines is 2. The molecule has 2 amide bonds. The van der Waals surface area contributed by atoms with Crippen molar-refractivity contribution in [3.63, 3.8) is 0 Å². The Morgan fingerprint density at radius 1 is 0.927 bits per heavy atom. The number of nitrogens with zero attached hydrogens (tertiary/aromatic N) is 1. The number of rotatable bonds is 12. The van der Waals surface area contributed by atoms with Gasteiger partial charge in [0, 0.05) is 19.5 Å². The van der Waals surface area contributed by atoms with E-state index >= 15 is 0 Å².